The summed E-state index contributed by atoms with van der Waals surface area (Å²) in [7, 11) is 1.43. The monoisotopic (exact) mass is 286 g/mol. The fourth-order valence-corrected chi connectivity index (χ4v) is 2.27. The Morgan fingerprint density at radius 1 is 1.20 bits per heavy atom. The van der Waals surface area contributed by atoms with Crippen molar-refractivity contribution in [1.29, 1.82) is 0 Å². The number of rotatable bonds is 6. The lowest BCUT2D eigenvalue weighted by molar-refractivity contribution is -0.0512. The minimum atomic E-state index is -2.85. The highest BCUT2D eigenvalue weighted by molar-refractivity contribution is 5.42. The van der Waals surface area contributed by atoms with E-state index in [2.05, 4.69) is 15.2 Å². The Hall–Kier alpha value is -1.40. The maximum Gasteiger partial charge on any atom is 0.387 e. The molecule has 0 atom stereocenters. The van der Waals surface area contributed by atoms with Crippen molar-refractivity contribution in [2.45, 2.75) is 32.4 Å². The normalized spacial score (nSPS) is 16.4. The number of hydrazine groups is 1. The predicted octanol–water partition coefficient (Wildman–Crippen LogP) is 2.79. The van der Waals surface area contributed by atoms with E-state index in [1.54, 1.807) is 12.1 Å². The number of piperidine rings is 1. The zero-order valence-electron chi connectivity index (χ0n) is 11.6. The van der Waals surface area contributed by atoms with Gasteiger partial charge in [-0.05, 0) is 30.5 Å². The van der Waals surface area contributed by atoms with Crippen LogP contribution < -0.4 is 14.9 Å². The third-order valence-electron chi connectivity index (χ3n) is 3.31. The molecule has 6 heteroatoms. The summed E-state index contributed by atoms with van der Waals surface area (Å²) in [6, 6.07) is 5.07. The smallest absolute Gasteiger partial charge is 0.387 e. The number of hydrogen-bond donors (Lipinski definition) is 1. The van der Waals surface area contributed by atoms with Gasteiger partial charge in [0.15, 0.2) is 11.5 Å². The van der Waals surface area contributed by atoms with Crippen molar-refractivity contribution in [3.8, 4) is 11.5 Å². The molecular formula is C14H20F2N2O2. The molecule has 4 nitrogen and oxygen atoms in total. The molecular weight excluding hydrogens is 266 g/mol. The molecule has 0 amide bonds. The third kappa shape index (κ3) is 4.31. The third-order valence-corrected chi connectivity index (χ3v) is 3.31. The van der Waals surface area contributed by atoms with Crippen LogP contribution in [-0.2, 0) is 6.54 Å². The molecule has 112 valence electrons. The van der Waals surface area contributed by atoms with Crippen molar-refractivity contribution in [1.82, 2.24) is 10.4 Å². The maximum absolute atomic E-state index is 12.3. The molecule has 0 radical (unpaired) electrons. The molecule has 1 heterocycles. The lowest BCUT2D eigenvalue weighted by Crippen LogP contribution is -2.41. The highest BCUT2D eigenvalue weighted by atomic mass is 19.3. The van der Waals surface area contributed by atoms with E-state index in [4.69, 9.17) is 4.74 Å². The van der Waals surface area contributed by atoms with Crippen LogP contribution >= 0.6 is 0 Å². The summed E-state index contributed by atoms with van der Waals surface area (Å²) in [5.41, 5.74) is 4.19. The highest BCUT2D eigenvalue weighted by Crippen LogP contribution is 2.29. The second-order valence-electron chi connectivity index (χ2n) is 4.75. The van der Waals surface area contributed by atoms with E-state index in [1.807, 2.05) is 6.07 Å². The summed E-state index contributed by atoms with van der Waals surface area (Å²) in [6.45, 7) is -0.217. The Balaban J connectivity index is 1.96. The van der Waals surface area contributed by atoms with Crippen molar-refractivity contribution in [2.75, 3.05) is 20.2 Å². The number of alkyl halides is 2. The summed E-state index contributed by atoms with van der Waals surface area (Å²) in [4.78, 5) is 0. The zero-order chi connectivity index (χ0) is 14.4. The summed E-state index contributed by atoms with van der Waals surface area (Å²) in [5, 5.41) is 2.17. The number of nitrogens with zero attached hydrogens (tertiary/aromatic N) is 1. The van der Waals surface area contributed by atoms with Crippen molar-refractivity contribution < 1.29 is 18.3 Å². The van der Waals surface area contributed by atoms with Crippen LogP contribution in [0.4, 0.5) is 8.78 Å². The van der Waals surface area contributed by atoms with Crippen LogP contribution in [0.2, 0.25) is 0 Å². The molecule has 1 aliphatic heterocycles. The van der Waals surface area contributed by atoms with Crippen molar-refractivity contribution in [3.63, 3.8) is 0 Å². The number of ether oxygens (including phenoxy) is 2. The molecule has 2 rings (SSSR count). The van der Waals surface area contributed by atoms with Crippen LogP contribution in [-0.4, -0.2) is 31.8 Å². The van der Waals surface area contributed by atoms with Gasteiger partial charge in [0.2, 0.25) is 0 Å². The first-order valence-corrected chi connectivity index (χ1v) is 6.79. The van der Waals surface area contributed by atoms with Gasteiger partial charge in [-0.2, -0.15) is 8.78 Å². The molecule has 1 fully saturated rings. The standard InChI is InChI=1S/C14H20F2N2O2/c1-19-12-6-5-11(9-13(12)20-14(15)16)10-17-18-7-3-2-4-8-18/h5-6,9,14,17H,2-4,7-8,10H2,1H3. The van der Waals surface area contributed by atoms with Crippen molar-refractivity contribution in [3.05, 3.63) is 23.8 Å². The molecule has 0 aliphatic carbocycles. The quantitative estimate of drug-likeness (QED) is 0.872. The number of hydrogen-bond acceptors (Lipinski definition) is 4. The topological polar surface area (TPSA) is 33.7 Å². The molecule has 0 aromatic heterocycles. The maximum atomic E-state index is 12.3. The molecule has 0 spiro atoms. The van der Waals surface area contributed by atoms with Gasteiger partial charge in [-0.1, -0.05) is 12.5 Å². The fraction of sp³-hybridized carbons (Fsp3) is 0.571. The highest BCUT2D eigenvalue weighted by Gasteiger charge is 2.13. The summed E-state index contributed by atoms with van der Waals surface area (Å²) < 4.78 is 34.2. The van der Waals surface area contributed by atoms with E-state index in [9.17, 15) is 8.78 Å². The zero-order valence-corrected chi connectivity index (χ0v) is 11.6. The molecule has 1 saturated heterocycles. The average Bonchev–Trinajstić information content (AvgIpc) is 2.46. The van der Waals surface area contributed by atoms with Crippen molar-refractivity contribution >= 4 is 0 Å². The Morgan fingerprint density at radius 3 is 2.60 bits per heavy atom. The van der Waals surface area contributed by atoms with Gasteiger partial charge in [0.05, 0.1) is 7.11 Å². The summed E-state index contributed by atoms with van der Waals surface area (Å²) in [6.07, 6.45) is 3.65. The summed E-state index contributed by atoms with van der Waals surface area (Å²) in [5.74, 6) is 0.382. The SMILES string of the molecule is COc1ccc(CNN2CCCCC2)cc1OC(F)F. The fourth-order valence-electron chi connectivity index (χ4n) is 2.27. The van der Waals surface area contributed by atoms with Crippen LogP contribution in [0.3, 0.4) is 0 Å². The minimum absolute atomic E-state index is 0.0699. The van der Waals surface area contributed by atoms with E-state index in [0.29, 0.717) is 12.3 Å². The molecule has 0 bridgehead atoms. The van der Waals surface area contributed by atoms with Crippen LogP contribution in [0.15, 0.2) is 18.2 Å². The number of nitrogens with one attached hydrogen (secondary N) is 1. The largest absolute Gasteiger partial charge is 0.493 e. The molecule has 1 aromatic carbocycles. The van der Waals surface area contributed by atoms with Gasteiger partial charge in [0, 0.05) is 19.6 Å². The first-order chi connectivity index (χ1) is 9.69. The lowest BCUT2D eigenvalue weighted by atomic mass is 10.1. The molecule has 0 saturated carbocycles. The number of halogens is 2. The Kier molecular flexibility index (Phi) is 5.55. The van der Waals surface area contributed by atoms with E-state index in [-0.39, 0.29) is 5.75 Å². The van der Waals surface area contributed by atoms with E-state index in [0.717, 1.165) is 18.7 Å². The average molecular weight is 286 g/mol. The van der Waals surface area contributed by atoms with E-state index < -0.39 is 6.61 Å². The van der Waals surface area contributed by atoms with Gasteiger partial charge in [-0.3, -0.25) is 5.43 Å². The van der Waals surface area contributed by atoms with Crippen molar-refractivity contribution in [2.24, 2.45) is 0 Å². The van der Waals surface area contributed by atoms with Gasteiger partial charge >= 0.3 is 6.61 Å². The van der Waals surface area contributed by atoms with Crippen LogP contribution in [0, 0.1) is 0 Å². The van der Waals surface area contributed by atoms with Crippen LogP contribution in [0.1, 0.15) is 24.8 Å². The number of methoxy groups -OCH3 is 1. The Labute approximate surface area is 117 Å². The first-order valence-electron chi connectivity index (χ1n) is 6.79. The molecule has 1 aliphatic rings. The Morgan fingerprint density at radius 2 is 1.95 bits per heavy atom. The van der Waals surface area contributed by atoms with Gasteiger partial charge in [0.25, 0.3) is 0 Å². The molecule has 1 N–H and O–H groups in total. The van der Waals surface area contributed by atoms with Crippen LogP contribution in [0.25, 0.3) is 0 Å². The molecule has 0 unspecified atom stereocenters. The first kappa shape index (κ1) is 15.0. The second-order valence-corrected chi connectivity index (χ2v) is 4.75. The number of benzene rings is 1. The van der Waals surface area contributed by atoms with Gasteiger partial charge in [-0.15, -0.1) is 0 Å². The van der Waals surface area contributed by atoms with E-state index >= 15 is 0 Å². The predicted molar refractivity (Wildman–Crippen MR) is 71.9 cm³/mol. The summed E-state index contributed by atoms with van der Waals surface area (Å²) >= 11 is 0. The van der Waals surface area contributed by atoms with E-state index in [1.165, 1.54) is 26.4 Å². The second kappa shape index (κ2) is 7.40. The molecule has 20 heavy (non-hydrogen) atoms. The Bertz CT molecular complexity index is 424. The van der Waals surface area contributed by atoms with Crippen LogP contribution in [0.5, 0.6) is 11.5 Å². The molecule has 1 aromatic rings. The minimum Gasteiger partial charge on any atom is -0.493 e. The van der Waals surface area contributed by atoms with Gasteiger partial charge < -0.3 is 9.47 Å². The van der Waals surface area contributed by atoms with Gasteiger partial charge in [0.1, 0.15) is 0 Å². The van der Waals surface area contributed by atoms with Gasteiger partial charge in [-0.25, -0.2) is 5.01 Å². The lowest BCUT2D eigenvalue weighted by Gasteiger charge is -2.27.